The fourth-order valence-corrected chi connectivity index (χ4v) is 7.66. The van der Waals surface area contributed by atoms with Gasteiger partial charge in [-0.3, -0.25) is 13.9 Å². The smallest absolute Gasteiger partial charge is 0.264 e. The Morgan fingerprint density at radius 1 is 0.804 bits per heavy atom. The summed E-state index contributed by atoms with van der Waals surface area (Å²) in [6.45, 7) is -0.398. The van der Waals surface area contributed by atoms with Crippen LogP contribution in [0.2, 0.25) is 5.02 Å². The van der Waals surface area contributed by atoms with Crippen molar-refractivity contribution >= 4 is 61.7 Å². The molecule has 4 aromatic carbocycles. The maximum Gasteiger partial charge on any atom is 0.264 e. The minimum Gasteiger partial charge on any atom is -0.352 e. The zero-order chi connectivity index (χ0) is 32.5. The molecule has 1 N–H and O–H groups in total. The van der Waals surface area contributed by atoms with Gasteiger partial charge in [-0.25, -0.2) is 8.42 Å². The number of hydrogen-bond acceptors (Lipinski definition) is 4. The third-order valence-electron chi connectivity index (χ3n) is 8.21. The maximum atomic E-state index is 14.6. The van der Waals surface area contributed by atoms with Gasteiger partial charge < -0.3 is 10.2 Å². The molecule has 0 radical (unpaired) electrons. The molecule has 0 aromatic heterocycles. The predicted molar refractivity (Wildman–Crippen MR) is 191 cm³/mol. The number of carbonyl (C=O) groups excluding carboxylic acids is 2. The SMILES string of the molecule is O=C(NC1CCCCC1)[C@H](Cc1ccccc1)N(Cc1ccc(Cl)cc1)C(=O)CN(c1ccc(I)cc1)S(=O)(=O)c1ccccc1. The molecule has 1 saturated carbocycles. The monoisotopic (exact) mass is 769 g/mol. The quantitative estimate of drug-likeness (QED) is 0.154. The van der Waals surface area contributed by atoms with E-state index >= 15 is 0 Å². The predicted octanol–water partition coefficient (Wildman–Crippen LogP) is 7.23. The minimum absolute atomic E-state index is 0.0359. The number of nitrogens with zero attached hydrogens (tertiary/aromatic N) is 2. The third-order valence-corrected chi connectivity index (χ3v) is 11.0. The van der Waals surface area contributed by atoms with Crippen molar-refractivity contribution in [3.8, 4) is 0 Å². The second kappa shape index (κ2) is 15.9. The van der Waals surface area contributed by atoms with Crippen LogP contribution in [-0.2, 0) is 32.6 Å². The number of carbonyl (C=O) groups is 2. The van der Waals surface area contributed by atoms with Crippen molar-refractivity contribution in [1.82, 2.24) is 10.2 Å². The first kappa shape index (κ1) is 33.9. The molecule has 0 spiro atoms. The van der Waals surface area contributed by atoms with Gasteiger partial charge in [0.25, 0.3) is 10.0 Å². The number of benzene rings is 4. The van der Waals surface area contributed by atoms with Gasteiger partial charge in [-0.05, 0) is 95.1 Å². The highest BCUT2D eigenvalue weighted by Crippen LogP contribution is 2.26. The molecule has 5 rings (SSSR count). The summed E-state index contributed by atoms with van der Waals surface area (Å²) in [5.41, 5.74) is 2.02. The zero-order valence-electron chi connectivity index (χ0n) is 25.4. The highest BCUT2D eigenvalue weighted by Gasteiger charge is 2.35. The Morgan fingerprint density at radius 3 is 2.04 bits per heavy atom. The van der Waals surface area contributed by atoms with Crippen LogP contribution in [0.3, 0.4) is 0 Å². The van der Waals surface area contributed by atoms with E-state index in [4.69, 9.17) is 11.6 Å². The largest absolute Gasteiger partial charge is 0.352 e. The maximum absolute atomic E-state index is 14.6. The number of amides is 2. The Kier molecular flexibility index (Phi) is 11.8. The van der Waals surface area contributed by atoms with Crippen molar-refractivity contribution in [2.45, 2.75) is 62.0 Å². The molecule has 1 aliphatic carbocycles. The second-order valence-corrected chi connectivity index (χ2v) is 15.0. The van der Waals surface area contributed by atoms with E-state index in [-0.39, 0.29) is 29.8 Å². The lowest BCUT2D eigenvalue weighted by atomic mass is 9.94. The first-order valence-electron chi connectivity index (χ1n) is 15.4. The number of anilines is 1. The van der Waals surface area contributed by atoms with Crippen LogP contribution >= 0.6 is 34.2 Å². The summed E-state index contributed by atoms with van der Waals surface area (Å²) in [6.07, 6.45) is 5.29. The van der Waals surface area contributed by atoms with E-state index in [9.17, 15) is 18.0 Å². The summed E-state index contributed by atoms with van der Waals surface area (Å²) in [5, 5.41) is 3.78. The molecule has 10 heteroatoms. The lowest BCUT2D eigenvalue weighted by molar-refractivity contribution is -0.140. The lowest BCUT2D eigenvalue weighted by Crippen LogP contribution is -2.55. The fourth-order valence-electron chi connectivity index (χ4n) is 5.74. The van der Waals surface area contributed by atoms with Gasteiger partial charge in [0, 0.05) is 27.6 Å². The van der Waals surface area contributed by atoms with E-state index in [0.29, 0.717) is 10.7 Å². The average Bonchev–Trinajstić information content (AvgIpc) is 3.07. The molecule has 1 aliphatic rings. The molecular formula is C36H37ClIN3O4S. The summed E-state index contributed by atoms with van der Waals surface area (Å²) in [5.74, 6) is -0.738. The lowest BCUT2D eigenvalue weighted by Gasteiger charge is -2.35. The van der Waals surface area contributed by atoms with E-state index in [1.54, 1.807) is 54.6 Å². The normalized spacial score (nSPS) is 14.3. The number of sulfonamides is 1. The molecule has 0 heterocycles. The van der Waals surface area contributed by atoms with Crippen molar-refractivity contribution in [2.24, 2.45) is 0 Å². The standard InChI is InChI=1S/C36H37ClIN3O4S/c37-29-18-16-28(17-19-29)25-40(34(24-27-10-4-1-5-11-27)36(43)39-31-12-6-2-7-13-31)35(42)26-41(32-22-20-30(38)21-23-32)46(44,45)33-14-8-3-9-15-33/h1,3-5,8-11,14-23,31,34H,2,6-7,12-13,24-26H2,(H,39,43)/t34-/m0/s1. The average molecular weight is 770 g/mol. The zero-order valence-corrected chi connectivity index (χ0v) is 29.1. The van der Waals surface area contributed by atoms with Crippen molar-refractivity contribution in [3.63, 3.8) is 0 Å². The fraction of sp³-hybridized carbons (Fsp3) is 0.278. The topological polar surface area (TPSA) is 86.8 Å². The van der Waals surface area contributed by atoms with Crippen LogP contribution in [0.25, 0.3) is 0 Å². The van der Waals surface area contributed by atoms with Gasteiger partial charge in [-0.1, -0.05) is 91.5 Å². The Morgan fingerprint density at radius 2 is 1.41 bits per heavy atom. The Labute approximate surface area is 290 Å². The van der Waals surface area contributed by atoms with E-state index in [1.165, 1.54) is 17.0 Å². The van der Waals surface area contributed by atoms with Gasteiger partial charge in [0.05, 0.1) is 10.6 Å². The molecule has 4 aromatic rings. The molecule has 0 aliphatic heterocycles. The molecule has 0 bridgehead atoms. The molecule has 0 saturated heterocycles. The molecule has 0 unspecified atom stereocenters. The summed E-state index contributed by atoms with van der Waals surface area (Å²) in [7, 11) is -4.14. The van der Waals surface area contributed by atoms with Gasteiger partial charge in [0.2, 0.25) is 11.8 Å². The Balaban J connectivity index is 1.55. The third kappa shape index (κ3) is 8.89. The van der Waals surface area contributed by atoms with Crippen molar-refractivity contribution < 1.29 is 18.0 Å². The van der Waals surface area contributed by atoms with Crippen molar-refractivity contribution in [2.75, 3.05) is 10.8 Å². The van der Waals surface area contributed by atoms with Gasteiger partial charge in [0.1, 0.15) is 12.6 Å². The number of rotatable bonds is 12. The number of hydrogen-bond donors (Lipinski definition) is 1. The molecule has 46 heavy (non-hydrogen) atoms. The van der Waals surface area contributed by atoms with E-state index in [2.05, 4.69) is 27.9 Å². The van der Waals surface area contributed by atoms with Crippen molar-refractivity contribution in [1.29, 1.82) is 0 Å². The van der Waals surface area contributed by atoms with Crippen LogP contribution in [0.1, 0.15) is 43.2 Å². The first-order valence-corrected chi connectivity index (χ1v) is 18.3. The van der Waals surface area contributed by atoms with E-state index in [1.807, 2.05) is 42.5 Å². The van der Waals surface area contributed by atoms with Crippen LogP contribution in [0, 0.1) is 3.57 Å². The number of nitrogens with one attached hydrogen (secondary N) is 1. The van der Waals surface area contributed by atoms with E-state index < -0.39 is 28.5 Å². The van der Waals surface area contributed by atoms with Gasteiger partial charge >= 0.3 is 0 Å². The first-order chi connectivity index (χ1) is 22.2. The Bertz CT molecular complexity index is 1700. The highest BCUT2D eigenvalue weighted by atomic mass is 127. The van der Waals surface area contributed by atoms with Gasteiger partial charge in [0.15, 0.2) is 0 Å². The summed E-state index contributed by atoms with van der Waals surface area (Å²) >= 11 is 8.33. The van der Waals surface area contributed by atoms with Crippen LogP contribution < -0.4 is 9.62 Å². The minimum atomic E-state index is -4.14. The van der Waals surface area contributed by atoms with Gasteiger partial charge in [-0.15, -0.1) is 0 Å². The molecule has 240 valence electrons. The van der Waals surface area contributed by atoms with Gasteiger partial charge in [-0.2, -0.15) is 0 Å². The van der Waals surface area contributed by atoms with Crippen LogP contribution in [0.4, 0.5) is 5.69 Å². The summed E-state index contributed by atoms with van der Waals surface area (Å²) < 4.78 is 30.2. The molecule has 2 amide bonds. The molecule has 1 fully saturated rings. The summed E-state index contributed by atoms with van der Waals surface area (Å²) in [6, 6.07) is 30.9. The Hall–Kier alpha value is -3.41. The van der Waals surface area contributed by atoms with Crippen molar-refractivity contribution in [3.05, 3.63) is 129 Å². The van der Waals surface area contributed by atoms with E-state index in [0.717, 1.165) is 51.1 Å². The molecule has 1 atom stereocenters. The number of halogens is 2. The highest BCUT2D eigenvalue weighted by molar-refractivity contribution is 14.1. The van der Waals surface area contributed by atoms with Crippen LogP contribution in [-0.4, -0.2) is 43.8 Å². The molecular weight excluding hydrogens is 733 g/mol. The summed E-state index contributed by atoms with van der Waals surface area (Å²) in [4.78, 5) is 30.3. The second-order valence-electron chi connectivity index (χ2n) is 11.5. The van der Waals surface area contributed by atoms with Crippen LogP contribution in [0.15, 0.2) is 114 Å². The molecule has 7 nitrogen and oxygen atoms in total. The van der Waals surface area contributed by atoms with Crippen LogP contribution in [0.5, 0.6) is 0 Å².